The van der Waals surface area contributed by atoms with Crippen molar-refractivity contribution in [3.63, 3.8) is 0 Å². The highest BCUT2D eigenvalue weighted by atomic mass is 32.1. The number of benzene rings is 9. The number of aryl methyl sites for hydroxylation is 1. The minimum Gasteiger partial charge on any atom is -0.455 e. The number of hydrogen-bond donors (Lipinski definition) is 0. The topological polar surface area (TPSA) is 51.8 Å². The molecule has 63 heavy (non-hydrogen) atoms. The van der Waals surface area contributed by atoms with E-state index in [0.29, 0.717) is 17.5 Å². The van der Waals surface area contributed by atoms with Crippen LogP contribution in [0.2, 0.25) is 0 Å². The fourth-order valence-corrected chi connectivity index (χ4v) is 11.0. The lowest BCUT2D eigenvalue weighted by molar-refractivity contribution is 0.668. The van der Waals surface area contributed by atoms with E-state index in [4.69, 9.17) is 19.4 Å². The molecule has 0 radical (unpaired) electrons. The standard InChI is InChI=1S/C58H37N3OS/c1-2-12-35(13-3-1)36-22-24-37(25-23-36)56-59-57(41-27-29-48-47-19-9-11-21-53(47)63-54(48)34-41)61-58(60-56)51-33-42(32-50-46-18-8-10-20-52(46)62-55(50)51)43-28-26-40-30-38-14-4-5-15-39(38)31-49(40)45-17-7-6-16-44(43)45/h1-25,27,29-34,43H,26,28H2. The maximum atomic E-state index is 6.82. The van der Waals surface area contributed by atoms with Crippen molar-refractivity contribution < 1.29 is 4.42 Å². The van der Waals surface area contributed by atoms with E-state index in [2.05, 4.69) is 182 Å². The zero-order valence-corrected chi connectivity index (χ0v) is 34.9. The van der Waals surface area contributed by atoms with Gasteiger partial charge in [-0.2, -0.15) is 0 Å². The van der Waals surface area contributed by atoms with Crippen LogP contribution in [0.25, 0.3) is 109 Å². The molecule has 1 aliphatic carbocycles. The summed E-state index contributed by atoms with van der Waals surface area (Å²) in [6.07, 6.45) is 1.91. The van der Waals surface area contributed by atoms with Gasteiger partial charge in [-0.25, -0.2) is 15.0 Å². The molecule has 0 saturated heterocycles. The molecule has 9 aromatic carbocycles. The summed E-state index contributed by atoms with van der Waals surface area (Å²) >= 11 is 1.80. The third kappa shape index (κ3) is 6.07. The van der Waals surface area contributed by atoms with Gasteiger partial charge in [0, 0.05) is 48.0 Å². The second-order valence-electron chi connectivity index (χ2n) is 16.6. The molecule has 0 aliphatic heterocycles. The summed E-state index contributed by atoms with van der Waals surface area (Å²) in [6, 6.07) is 69.7. The summed E-state index contributed by atoms with van der Waals surface area (Å²) < 4.78 is 9.28. The predicted molar refractivity (Wildman–Crippen MR) is 261 cm³/mol. The number of aromatic nitrogens is 3. The third-order valence-electron chi connectivity index (χ3n) is 13.0. The minimum atomic E-state index is 0.121. The van der Waals surface area contributed by atoms with E-state index < -0.39 is 0 Å². The van der Waals surface area contributed by atoms with Crippen molar-refractivity contribution in [1.29, 1.82) is 0 Å². The number of para-hydroxylation sites is 1. The molecule has 0 saturated carbocycles. The summed E-state index contributed by atoms with van der Waals surface area (Å²) in [5.74, 6) is 1.94. The van der Waals surface area contributed by atoms with Gasteiger partial charge in [-0.05, 0) is 99.0 Å². The zero-order chi connectivity index (χ0) is 41.4. The molecule has 0 bridgehead atoms. The van der Waals surface area contributed by atoms with Gasteiger partial charge in [-0.1, -0.05) is 158 Å². The highest BCUT2D eigenvalue weighted by Crippen LogP contribution is 2.46. The average Bonchev–Trinajstić information content (AvgIpc) is 3.87. The van der Waals surface area contributed by atoms with Crippen molar-refractivity contribution in [2.24, 2.45) is 0 Å². The molecule has 3 aromatic heterocycles. The molecular weight excluding hydrogens is 787 g/mol. The molecule has 1 atom stereocenters. The molecule has 0 N–H and O–H groups in total. The first-order valence-corrected chi connectivity index (χ1v) is 22.4. The van der Waals surface area contributed by atoms with Crippen LogP contribution in [0.1, 0.15) is 29.0 Å². The first kappa shape index (κ1) is 36.0. The van der Waals surface area contributed by atoms with Crippen LogP contribution in [0.5, 0.6) is 0 Å². The molecule has 12 aromatic rings. The van der Waals surface area contributed by atoms with E-state index in [1.54, 1.807) is 11.3 Å². The monoisotopic (exact) mass is 823 g/mol. The van der Waals surface area contributed by atoms with E-state index in [-0.39, 0.29) is 5.92 Å². The first-order valence-electron chi connectivity index (χ1n) is 21.6. The number of fused-ring (bicyclic) bond motifs is 10. The maximum Gasteiger partial charge on any atom is 0.167 e. The molecule has 0 amide bonds. The minimum absolute atomic E-state index is 0.121. The number of nitrogens with zero attached hydrogens (tertiary/aromatic N) is 3. The summed E-state index contributed by atoms with van der Waals surface area (Å²) in [6.45, 7) is 0. The largest absolute Gasteiger partial charge is 0.455 e. The van der Waals surface area contributed by atoms with E-state index in [0.717, 1.165) is 57.0 Å². The van der Waals surface area contributed by atoms with E-state index >= 15 is 0 Å². The lowest BCUT2D eigenvalue weighted by Gasteiger charge is -2.20. The summed E-state index contributed by atoms with van der Waals surface area (Å²) in [5, 5.41) is 7.18. The van der Waals surface area contributed by atoms with Crippen LogP contribution in [0.15, 0.2) is 199 Å². The summed E-state index contributed by atoms with van der Waals surface area (Å²) in [4.78, 5) is 16.0. The van der Waals surface area contributed by atoms with E-state index in [9.17, 15) is 0 Å². The fraction of sp³-hybridized carbons (Fsp3) is 0.0517. The summed E-state index contributed by atoms with van der Waals surface area (Å²) in [7, 11) is 0. The zero-order valence-electron chi connectivity index (χ0n) is 34.1. The van der Waals surface area contributed by atoms with Crippen molar-refractivity contribution in [2.75, 3.05) is 0 Å². The van der Waals surface area contributed by atoms with Gasteiger partial charge in [-0.3, -0.25) is 0 Å². The van der Waals surface area contributed by atoms with Crippen LogP contribution >= 0.6 is 11.3 Å². The van der Waals surface area contributed by atoms with Crippen molar-refractivity contribution in [1.82, 2.24) is 15.0 Å². The Labute approximate surface area is 367 Å². The van der Waals surface area contributed by atoms with Crippen LogP contribution in [0.3, 0.4) is 0 Å². The third-order valence-corrected chi connectivity index (χ3v) is 14.1. The Morgan fingerprint density at radius 1 is 0.429 bits per heavy atom. The van der Waals surface area contributed by atoms with E-state index in [1.165, 1.54) is 64.3 Å². The van der Waals surface area contributed by atoms with E-state index in [1.807, 2.05) is 12.1 Å². The highest BCUT2D eigenvalue weighted by Gasteiger charge is 2.27. The lowest BCUT2D eigenvalue weighted by atomic mass is 9.84. The Morgan fingerprint density at radius 3 is 1.95 bits per heavy atom. The van der Waals surface area contributed by atoms with Gasteiger partial charge in [0.2, 0.25) is 0 Å². The molecule has 1 aliphatic rings. The second-order valence-corrected chi connectivity index (χ2v) is 17.7. The highest BCUT2D eigenvalue weighted by molar-refractivity contribution is 7.25. The van der Waals surface area contributed by atoms with Gasteiger partial charge in [0.05, 0.1) is 5.56 Å². The van der Waals surface area contributed by atoms with Crippen LogP contribution in [0, 0.1) is 0 Å². The first-order chi connectivity index (χ1) is 31.2. The molecular formula is C58H37N3OS. The molecule has 1 unspecified atom stereocenters. The normalized spacial score (nSPS) is 13.7. The van der Waals surface area contributed by atoms with Gasteiger partial charge in [-0.15, -0.1) is 11.3 Å². The van der Waals surface area contributed by atoms with Crippen LogP contribution in [-0.4, -0.2) is 15.0 Å². The van der Waals surface area contributed by atoms with Crippen molar-refractivity contribution in [3.8, 4) is 56.4 Å². The maximum absolute atomic E-state index is 6.82. The quantitative estimate of drug-likeness (QED) is 0.173. The van der Waals surface area contributed by atoms with Gasteiger partial charge in [0.15, 0.2) is 17.5 Å². The molecule has 13 rings (SSSR count). The molecule has 0 spiro atoms. The fourth-order valence-electron chi connectivity index (χ4n) is 9.87. The molecule has 4 nitrogen and oxygen atoms in total. The molecule has 5 heteroatoms. The molecule has 296 valence electrons. The van der Waals surface area contributed by atoms with Gasteiger partial charge in [0.1, 0.15) is 11.2 Å². The Hall–Kier alpha value is -7.73. The summed E-state index contributed by atoms with van der Waals surface area (Å²) in [5.41, 5.74) is 13.2. The Balaban J connectivity index is 1.02. The van der Waals surface area contributed by atoms with Crippen LogP contribution in [-0.2, 0) is 6.42 Å². The van der Waals surface area contributed by atoms with Crippen molar-refractivity contribution >= 4 is 64.2 Å². The van der Waals surface area contributed by atoms with Crippen molar-refractivity contribution in [2.45, 2.75) is 18.8 Å². The van der Waals surface area contributed by atoms with Crippen LogP contribution < -0.4 is 0 Å². The van der Waals surface area contributed by atoms with Gasteiger partial charge >= 0.3 is 0 Å². The average molecular weight is 824 g/mol. The predicted octanol–water partition coefficient (Wildman–Crippen LogP) is 15.7. The Kier molecular flexibility index (Phi) is 8.25. The number of rotatable bonds is 5. The lowest BCUT2D eigenvalue weighted by Crippen LogP contribution is -2.04. The smallest absolute Gasteiger partial charge is 0.167 e. The van der Waals surface area contributed by atoms with Crippen molar-refractivity contribution in [3.05, 3.63) is 211 Å². The number of furan rings is 1. The number of hydrogen-bond acceptors (Lipinski definition) is 5. The molecule has 0 fully saturated rings. The van der Waals surface area contributed by atoms with Crippen LogP contribution in [0.4, 0.5) is 0 Å². The van der Waals surface area contributed by atoms with Gasteiger partial charge < -0.3 is 4.42 Å². The van der Waals surface area contributed by atoms with Gasteiger partial charge in [0.25, 0.3) is 0 Å². The second kappa shape index (κ2) is 14.4. The Morgan fingerprint density at radius 2 is 1.08 bits per heavy atom. The number of thiophene rings is 1. The molecule has 3 heterocycles. The Bertz CT molecular complexity index is 3750. The SMILES string of the molecule is c1ccc(-c2ccc(-c3nc(-c4ccc5c(c4)sc4ccccc45)nc(-c4cc(C5CCc6cc7ccccc7cc6-c6ccccc65)cc5c4oc4ccccc45)n3)cc2)cc1.